The van der Waals surface area contributed by atoms with Gasteiger partial charge < -0.3 is 24.6 Å². The highest BCUT2D eigenvalue weighted by atomic mass is 16.5. The van der Waals surface area contributed by atoms with E-state index in [4.69, 9.17) is 9.47 Å². The number of benzene rings is 2. The van der Waals surface area contributed by atoms with Crippen LogP contribution in [0.5, 0.6) is 5.75 Å². The van der Waals surface area contributed by atoms with Crippen molar-refractivity contribution < 1.29 is 24.5 Å². The van der Waals surface area contributed by atoms with Gasteiger partial charge in [-0.2, -0.15) is 0 Å². The summed E-state index contributed by atoms with van der Waals surface area (Å²) in [6.45, 7) is 0.331. The van der Waals surface area contributed by atoms with Crippen molar-refractivity contribution in [1.82, 2.24) is 4.90 Å². The van der Waals surface area contributed by atoms with Crippen molar-refractivity contribution in [1.29, 1.82) is 0 Å². The predicted octanol–water partition coefficient (Wildman–Crippen LogP) is 3.47. The summed E-state index contributed by atoms with van der Waals surface area (Å²) in [6, 6.07) is 16.9. The molecule has 1 amide bonds. The Labute approximate surface area is 188 Å². The van der Waals surface area contributed by atoms with E-state index in [9.17, 15) is 15.0 Å². The van der Waals surface area contributed by atoms with E-state index in [1.807, 2.05) is 42.5 Å². The Morgan fingerprint density at radius 2 is 1.88 bits per heavy atom. The van der Waals surface area contributed by atoms with Gasteiger partial charge in [-0.3, -0.25) is 4.79 Å². The van der Waals surface area contributed by atoms with E-state index >= 15 is 0 Å². The average Bonchev–Trinajstić information content (AvgIpc) is 3.10. The van der Waals surface area contributed by atoms with Gasteiger partial charge in [0.1, 0.15) is 11.9 Å². The van der Waals surface area contributed by atoms with Crippen LogP contribution in [-0.2, 0) is 15.3 Å². The van der Waals surface area contributed by atoms with E-state index in [1.165, 1.54) is 0 Å². The summed E-state index contributed by atoms with van der Waals surface area (Å²) in [4.78, 5) is 15.1. The molecule has 32 heavy (non-hydrogen) atoms. The van der Waals surface area contributed by atoms with Crippen LogP contribution in [0.15, 0.2) is 77.9 Å². The molecule has 6 heteroatoms. The van der Waals surface area contributed by atoms with Crippen LogP contribution in [0.1, 0.15) is 36.5 Å². The van der Waals surface area contributed by atoms with Crippen molar-refractivity contribution in [3.63, 3.8) is 0 Å². The lowest BCUT2D eigenvalue weighted by Gasteiger charge is -2.41. The third-order valence-electron chi connectivity index (χ3n) is 6.09. The highest BCUT2D eigenvalue weighted by molar-refractivity contribution is 6.01. The number of hydrogen-bond donors (Lipinski definition) is 2. The number of carbonyl (C=O) groups is 1. The monoisotopic (exact) mass is 435 g/mol. The smallest absolute Gasteiger partial charge is 0.256 e. The maximum atomic E-state index is 13.4. The minimum absolute atomic E-state index is 0.00459. The summed E-state index contributed by atoms with van der Waals surface area (Å²) in [6.07, 6.45) is 4.96. The second kappa shape index (κ2) is 9.69. The molecule has 6 nitrogen and oxygen atoms in total. The van der Waals surface area contributed by atoms with E-state index in [2.05, 4.69) is 0 Å². The first kappa shape index (κ1) is 22.3. The minimum Gasteiger partial charge on any atom is -0.497 e. The quantitative estimate of drug-likeness (QED) is 0.631. The zero-order valence-corrected chi connectivity index (χ0v) is 18.2. The number of methoxy groups -OCH3 is 1. The molecule has 2 N–H and O–H groups in total. The summed E-state index contributed by atoms with van der Waals surface area (Å²) in [5, 5.41) is 20.4. The SMILES string of the molecule is COc1ccc(C(O)COC2(c3ccccc3)C3=C(C=CCC3)C(=O)N2CCCO)cc1. The lowest BCUT2D eigenvalue weighted by atomic mass is 9.87. The van der Waals surface area contributed by atoms with Gasteiger partial charge in [0.25, 0.3) is 5.91 Å². The Kier molecular flexibility index (Phi) is 6.74. The lowest BCUT2D eigenvalue weighted by Crippen LogP contribution is -2.49. The number of hydrogen-bond acceptors (Lipinski definition) is 5. The van der Waals surface area contributed by atoms with Gasteiger partial charge in [-0.15, -0.1) is 0 Å². The van der Waals surface area contributed by atoms with E-state index in [0.29, 0.717) is 36.3 Å². The highest BCUT2D eigenvalue weighted by Gasteiger charge is 2.53. The van der Waals surface area contributed by atoms with Crippen LogP contribution >= 0.6 is 0 Å². The molecule has 2 aromatic rings. The normalized spacial score (nSPS) is 21.1. The van der Waals surface area contributed by atoms with E-state index in [0.717, 1.165) is 17.6 Å². The number of amides is 1. The van der Waals surface area contributed by atoms with Gasteiger partial charge in [-0.1, -0.05) is 54.6 Å². The molecule has 1 heterocycles. The molecule has 4 rings (SSSR count). The summed E-state index contributed by atoms with van der Waals surface area (Å²) in [5.74, 6) is 0.607. The van der Waals surface area contributed by atoms with Crippen LogP contribution in [0.25, 0.3) is 0 Å². The molecular formula is C26H29NO5. The van der Waals surface area contributed by atoms with Crippen LogP contribution in [-0.4, -0.2) is 47.9 Å². The fourth-order valence-electron chi connectivity index (χ4n) is 4.52. The number of ether oxygens (including phenoxy) is 2. The van der Waals surface area contributed by atoms with Crippen molar-refractivity contribution in [2.24, 2.45) is 0 Å². The number of aliphatic hydroxyl groups excluding tert-OH is 2. The Morgan fingerprint density at radius 1 is 1.12 bits per heavy atom. The summed E-state index contributed by atoms with van der Waals surface area (Å²) in [7, 11) is 1.60. The molecular weight excluding hydrogens is 406 g/mol. The molecule has 168 valence electrons. The summed E-state index contributed by atoms with van der Waals surface area (Å²) < 4.78 is 11.7. The Hall–Kier alpha value is -2.93. The van der Waals surface area contributed by atoms with Crippen molar-refractivity contribution >= 4 is 5.91 Å². The van der Waals surface area contributed by atoms with E-state index < -0.39 is 11.8 Å². The van der Waals surface area contributed by atoms with Gasteiger partial charge in [0.2, 0.25) is 0 Å². The third kappa shape index (κ3) is 3.97. The van der Waals surface area contributed by atoms with Gasteiger partial charge in [-0.25, -0.2) is 0 Å². The average molecular weight is 436 g/mol. The van der Waals surface area contributed by atoms with Gasteiger partial charge in [0, 0.05) is 24.3 Å². The topological polar surface area (TPSA) is 79.2 Å². The molecule has 2 atom stereocenters. The zero-order valence-electron chi connectivity index (χ0n) is 18.2. The molecule has 2 unspecified atom stereocenters. The Bertz CT molecular complexity index is 999. The molecule has 0 fully saturated rings. The number of rotatable bonds is 9. The molecule has 0 aromatic heterocycles. The number of aliphatic hydroxyl groups is 2. The van der Waals surface area contributed by atoms with Crippen molar-refractivity contribution in [2.75, 3.05) is 26.9 Å². The van der Waals surface area contributed by atoms with Crippen LogP contribution < -0.4 is 4.74 Å². The van der Waals surface area contributed by atoms with Crippen LogP contribution in [0.4, 0.5) is 0 Å². The molecule has 0 bridgehead atoms. The van der Waals surface area contributed by atoms with Crippen molar-refractivity contribution in [3.8, 4) is 5.75 Å². The van der Waals surface area contributed by atoms with Crippen LogP contribution in [0, 0.1) is 0 Å². The van der Waals surface area contributed by atoms with Gasteiger partial charge >= 0.3 is 0 Å². The fourth-order valence-corrected chi connectivity index (χ4v) is 4.52. The molecule has 1 aliphatic carbocycles. The second-order valence-electron chi connectivity index (χ2n) is 7.98. The zero-order chi connectivity index (χ0) is 22.6. The summed E-state index contributed by atoms with van der Waals surface area (Å²) in [5.41, 5.74) is 2.00. The predicted molar refractivity (Wildman–Crippen MR) is 121 cm³/mol. The molecule has 0 saturated heterocycles. The molecule has 0 saturated carbocycles. The molecule has 0 radical (unpaired) electrons. The number of allylic oxidation sites excluding steroid dienone is 1. The van der Waals surface area contributed by atoms with Crippen molar-refractivity contribution in [3.05, 3.63) is 89.0 Å². The largest absolute Gasteiger partial charge is 0.497 e. The molecule has 2 aliphatic rings. The standard InChI is InChI=1S/C26H29NO5/c1-31-21-14-12-19(13-15-21)24(29)18-32-26(20-8-3-2-4-9-20)23-11-6-5-10-22(23)25(30)27(26)16-7-17-28/h2-5,8-10,12-15,24,28-29H,6-7,11,16-18H2,1H3. The lowest BCUT2D eigenvalue weighted by molar-refractivity contribution is -0.167. The molecule has 2 aromatic carbocycles. The van der Waals surface area contributed by atoms with Crippen molar-refractivity contribution in [2.45, 2.75) is 31.1 Å². The molecule has 0 spiro atoms. The first-order valence-corrected chi connectivity index (χ1v) is 11.0. The van der Waals surface area contributed by atoms with Crippen LogP contribution in [0.3, 0.4) is 0 Å². The van der Waals surface area contributed by atoms with Gasteiger partial charge in [0.15, 0.2) is 5.72 Å². The first-order chi connectivity index (χ1) is 15.6. The molecule has 1 aliphatic heterocycles. The first-order valence-electron chi connectivity index (χ1n) is 11.0. The Balaban J connectivity index is 1.72. The second-order valence-corrected chi connectivity index (χ2v) is 7.98. The highest BCUT2D eigenvalue weighted by Crippen LogP contribution is 2.49. The number of nitrogens with zero attached hydrogens (tertiary/aromatic N) is 1. The van der Waals surface area contributed by atoms with Gasteiger partial charge in [-0.05, 0) is 42.5 Å². The number of carbonyl (C=O) groups excluding carboxylic acids is 1. The maximum absolute atomic E-state index is 13.4. The maximum Gasteiger partial charge on any atom is 0.256 e. The fraction of sp³-hybridized carbons (Fsp3) is 0.346. The minimum atomic E-state index is -1.11. The van der Waals surface area contributed by atoms with E-state index in [1.54, 1.807) is 36.3 Å². The van der Waals surface area contributed by atoms with E-state index in [-0.39, 0.29) is 19.1 Å². The van der Waals surface area contributed by atoms with Gasteiger partial charge in [0.05, 0.1) is 13.7 Å². The van der Waals surface area contributed by atoms with Crippen LogP contribution in [0.2, 0.25) is 0 Å². The third-order valence-corrected chi connectivity index (χ3v) is 6.09. The summed E-state index contributed by atoms with van der Waals surface area (Å²) >= 11 is 0. The Morgan fingerprint density at radius 3 is 2.56 bits per heavy atom.